The zero-order valence-electron chi connectivity index (χ0n) is 14.6. The van der Waals surface area contributed by atoms with Crippen molar-refractivity contribution in [2.75, 3.05) is 7.05 Å². The predicted molar refractivity (Wildman–Crippen MR) is 85.9 cm³/mol. The summed E-state index contributed by atoms with van der Waals surface area (Å²) in [6, 6.07) is 2.19. The van der Waals surface area contributed by atoms with Crippen molar-refractivity contribution >= 4 is 0 Å². The summed E-state index contributed by atoms with van der Waals surface area (Å²) in [6.07, 6.45) is 1.13. The van der Waals surface area contributed by atoms with E-state index in [1.165, 1.54) is 5.56 Å². The van der Waals surface area contributed by atoms with Crippen LogP contribution in [0.15, 0.2) is 10.5 Å². The highest BCUT2D eigenvalue weighted by Crippen LogP contribution is 2.22. The van der Waals surface area contributed by atoms with E-state index >= 15 is 0 Å². The third-order valence-electron chi connectivity index (χ3n) is 4.17. The van der Waals surface area contributed by atoms with Crippen LogP contribution in [0, 0.1) is 6.92 Å². The lowest BCUT2D eigenvalue weighted by molar-refractivity contribution is 0.132. The number of nitrogens with zero attached hydrogens (tertiary/aromatic N) is 1. The van der Waals surface area contributed by atoms with Gasteiger partial charge in [0, 0.05) is 23.2 Å². The van der Waals surface area contributed by atoms with Gasteiger partial charge >= 0.3 is 0 Å². The fourth-order valence-electron chi connectivity index (χ4n) is 1.92. The molecule has 1 heterocycles. The van der Waals surface area contributed by atoms with Crippen molar-refractivity contribution in [2.45, 2.75) is 79.1 Å². The average Bonchev–Trinajstić information content (AvgIpc) is 2.66. The second-order valence-electron chi connectivity index (χ2n) is 7.42. The first kappa shape index (κ1) is 17.3. The molecule has 1 aromatic rings. The maximum Gasteiger partial charge on any atom is 0.118 e. The Labute approximate surface area is 124 Å². The second kappa shape index (κ2) is 6.31. The Morgan fingerprint density at radius 1 is 1.20 bits per heavy atom. The summed E-state index contributed by atoms with van der Waals surface area (Å²) in [5.74, 6) is 2.08. The van der Waals surface area contributed by atoms with Crippen molar-refractivity contribution in [2.24, 2.45) is 0 Å². The van der Waals surface area contributed by atoms with E-state index in [9.17, 15) is 0 Å². The van der Waals surface area contributed by atoms with Crippen LogP contribution in [0.4, 0.5) is 0 Å². The van der Waals surface area contributed by atoms with E-state index in [4.69, 9.17) is 4.42 Å². The molecule has 0 spiro atoms. The lowest BCUT2D eigenvalue weighted by Crippen LogP contribution is -2.39. The number of hydrogen-bond acceptors (Lipinski definition) is 3. The van der Waals surface area contributed by atoms with E-state index in [2.05, 4.69) is 64.9 Å². The number of nitrogens with one attached hydrogen (secondary N) is 1. The van der Waals surface area contributed by atoms with E-state index in [0.717, 1.165) is 31.0 Å². The molecule has 20 heavy (non-hydrogen) atoms. The first-order valence-electron chi connectivity index (χ1n) is 7.59. The summed E-state index contributed by atoms with van der Waals surface area (Å²) < 4.78 is 5.91. The molecular formula is C17H32N2O. The zero-order chi connectivity index (χ0) is 15.6. The Morgan fingerprint density at radius 2 is 1.80 bits per heavy atom. The van der Waals surface area contributed by atoms with Gasteiger partial charge in [0.1, 0.15) is 11.5 Å². The van der Waals surface area contributed by atoms with Crippen LogP contribution in [0.1, 0.15) is 65.0 Å². The highest BCUT2D eigenvalue weighted by Gasteiger charge is 2.22. The molecule has 0 bridgehead atoms. The maximum atomic E-state index is 5.91. The molecule has 0 fully saturated rings. The molecular weight excluding hydrogens is 248 g/mol. The van der Waals surface area contributed by atoms with Gasteiger partial charge in [0.2, 0.25) is 0 Å². The van der Waals surface area contributed by atoms with E-state index in [1.807, 2.05) is 6.92 Å². The van der Waals surface area contributed by atoms with Crippen molar-refractivity contribution in [3.8, 4) is 0 Å². The summed E-state index contributed by atoms with van der Waals surface area (Å²) in [5.41, 5.74) is 1.59. The van der Waals surface area contributed by atoms with Gasteiger partial charge in [-0.25, -0.2) is 0 Å². The van der Waals surface area contributed by atoms with Crippen molar-refractivity contribution in [3.63, 3.8) is 0 Å². The Hall–Kier alpha value is -0.800. The molecule has 0 aliphatic carbocycles. The first-order valence-corrected chi connectivity index (χ1v) is 7.59. The molecule has 0 amide bonds. The van der Waals surface area contributed by atoms with E-state index in [0.29, 0.717) is 0 Å². The van der Waals surface area contributed by atoms with Crippen LogP contribution in [0.3, 0.4) is 0 Å². The van der Waals surface area contributed by atoms with Crippen LogP contribution >= 0.6 is 0 Å². The zero-order valence-corrected chi connectivity index (χ0v) is 14.6. The minimum absolute atomic E-state index is 0.130. The predicted octanol–water partition coefficient (Wildman–Crippen LogP) is 4.10. The van der Waals surface area contributed by atoms with Gasteiger partial charge in [0.05, 0.1) is 6.54 Å². The lowest BCUT2D eigenvalue weighted by atomic mass is 10.00. The van der Waals surface area contributed by atoms with Crippen LogP contribution in [0.25, 0.3) is 0 Å². The highest BCUT2D eigenvalue weighted by molar-refractivity contribution is 5.21. The number of aryl methyl sites for hydroxylation is 1. The standard InChI is InChI=1S/C17H32N2O/c1-9-17(6,7)19(8)12-15-10-14(13(2)20-15)11-18-16(3,4)5/h10,18H,9,11-12H2,1-8H3. The fourth-order valence-corrected chi connectivity index (χ4v) is 1.92. The molecule has 1 N–H and O–H groups in total. The molecule has 3 nitrogen and oxygen atoms in total. The molecule has 116 valence electrons. The fraction of sp³-hybridized carbons (Fsp3) is 0.765. The molecule has 0 radical (unpaired) electrons. The molecule has 0 unspecified atom stereocenters. The Bertz CT molecular complexity index is 427. The first-order chi connectivity index (χ1) is 9.05. The molecule has 1 aromatic heterocycles. The van der Waals surface area contributed by atoms with Crippen LogP contribution < -0.4 is 5.32 Å². The third kappa shape index (κ3) is 4.95. The summed E-state index contributed by atoms with van der Waals surface area (Å²) in [6.45, 7) is 17.1. The van der Waals surface area contributed by atoms with Crippen LogP contribution in [0.5, 0.6) is 0 Å². The Kier molecular flexibility index (Phi) is 5.45. The minimum atomic E-state index is 0.130. The van der Waals surface area contributed by atoms with Crippen LogP contribution in [0.2, 0.25) is 0 Å². The lowest BCUT2D eigenvalue weighted by Gasteiger charge is -2.34. The largest absolute Gasteiger partial charge is 0.465 e. The smallest absolute Gasteiger partial charge is 0.118 e. The van der Waals surface area contributed by atoms with Crippen molar-refractivity contribution in [1.82, 2.24) is 10.2 Å². The minimum Gasteiger partial charge on any atom is -0.465 e. The summed E-state index contributed by atoms with van der Waals surface area (Å²) >= 11 is 0. The molecule has 1 rings (SSSR count). The monoisotopic (exact) mass is 280 g/mol. The third-order valence-corrected chi connectivity index (χ3v) is 4.17. The molecule has 0 saturated carbocycles. The SMILES string of the molecule is CCC(C)(C)N(C)Cc1cc(CNC(C)(C)C)c(C)o1. The van der Waals surface area contributed by atoms with E-state index in [-0.39, 0.29) is 11.1 Å². The highest BCUT2D eigenvalue weighted by atomic mass is 16.3. The maximum absolute atomic E-state index is 5.91. The van der Waals surface area contributed by atoms with Gasteiger partial charge in [0.15, 0.2) is 0 Å². The molecule has 0 aromatic carbocycles. The van der Waals surface area contributed by atoms with Crippen LogP contribution in [-0.2, 0) is 13.1 Å². The topological polar surface area (TPSA) is 28.4 Å². The van der Waals surface area contributed by atoms with Gasteiger partial charge in [-0.15, -0.1) is 0 Å². The van der Waals surface area contributed by atoms with E-state index in [1.54, 1.807) is 0 Å². The summed E-state index contributed by atoms with van der Waals surface area (Å²) in [4.78, 5) is 2.35. The summed E-state index contributed by atoms with van der Waals surface area (Å²) in [5, 5.41) is 3.51. The van der Waals surface area contributed by atoms with Gasteiger partial charge in [-0.05, 0) is 61.1 Å². The molecule has 0 saturated heterocycles. The summed E-state index contributed by atoms with van der Waals surface area (Å²) in [7, 11) is 2.16. The van der Waals surface area contributed by atoms with Gasteiger partial charge in [0.25, 0.3) is 0 Å². The van der Waals surface area contributed by atoms with Crippen molar-refractivity contribution < 1.29 is 4.42 Å². The van der Waals surface area contributed by atoms with E-state index < -0.39 is 0 Å². The normalized spacial score (nSPS) is 13.2. The van der Waals surface area contributed by atoms with Crippen molar-refractivity contribution in [3.05, 3.63) is 23.2 Å². The van der Waals surface area contributed by atoms with Crippen LogP contribution in [-0.4, -0.2) is 23.0 Å². The second-order valence-corrected chi connectivity index (χ2v) is 7.42. The van der Waals surface area contributed by atoms with Crippen molar-refractivity contribution in [1.29, 1.82) is 0 Å². The Balaban J connectivity index is 2.70. The van der Waals surface area contributed by atoms with Gasteiger partial charge in [-0.2, -0.15) is 0 Å². The van der Waals surface area contributed by atoms with Gasteiger partial charge < -0.3 is 9.73 Å². The van der Waals surface area contributed by atoms with Gasteiger partial charge in [-0.3, -0.25) is 4.90 Å². The Morgan fingerprint density at radius 3 is 2.30 bits per heavy atom. The molecule has 0 atom stereocenters. The number of furan rings is 1. The molecule has 0 aliphatic rings. The van der Waals surface area contributed by atoms with Gasteiger partial charge in [-0.1, -0.05) is 6.92 Å². The molecule has 3 heteroatoms. The molecule has 0 aliphatic heterocycles. The average molecular weight is 280 g/mol. The number of hydrogen-bond donors (Lipinski definition) is 1. The quantitative estimate of drug-likeness (QED) is 0.850. The number of rotatable bonds is 6.